The Hall–Kier alpha value is -3.55. The Morgan fingerprint density at radius 3 is 2.09 bits per heavy atom. The summed E-state index contributed by atoms with van der Waals surface area (Å²) in [5.74, 6) is -0.0798. The molecule has 0 aliphatic carbocycles. The van der Waals surface area contributed by atoms with Crippen LogP contribution in [0.15, 0.2) is 42.5 Å². The zero-order valence-corrected chi connectivity index (χ0v) is 21.0. The Morgan fingerprint density at radius 1 is 1.00 bits per heavy atom. The number of methoxy groups -OCH3 is 1. The fraction of sp³-hybridized carbons (Fsp3) is 0.423. The van der Waals surface area contributed by atoms with Gasteiger partial charge in [-0.25, -0.2) is 4.79 Å². The number of aryl methyl sites for hydroxylation is 2. The number of nitrogens with one attached hydrogen (secondary N) is 2. The molecule has 0 fully saturated rings. The molecule has 0 spiro atoms. The molecule has 0 radical (unpaired) electrons. The van der Waals surface area contributed by atoms with Gasteiger partial charge in [0, 0.05) is 12.2 Å². The average Bonchev–Trinajstić information content (AvgIpc) is 2.76. The van der Waals surface area contributed by atoms with Gasteiger partial charge in [-0.1, -0.05) is 18.2 Å². The highest BCUT2D eigenvalue weighted by atomic mass is 16.6. The second-order valence-corrected chi connectivity index (χ2v) is 8.96. The first kappa shape index (κ1) is 26.7. The van der Waals surface area contributed by atoms with Crippen molar-refractivity contribution in [1.82, 2.24) is 10.2 Å². The van der Waals surface area contributed by atoms with E-state index in [1.807, 2.05) is 32.0 Å². The van der Waals surface area contributed by atoms with E-state index in [2.05, 4.69) is 10.6 Å². The lowest BCUT2D eigenvalue weighted by Gasteiger charge is -2.32. The number of ether oxygens (including phenoxy) is 2. The predicted molar refractivity (Wildman–Crippen MR) is 132 cm³/mol. The molecule has 0 aliphatic rings. The number of anilines is 1. The van der Waals surface area contributed by atoms with Gasteiger partial charge >= 0.3 is 6.09 Å². The molecule has 1 atom stereocenters. The van der Waals surface area contributed by atoms with Crippen LogP contribution in [0.3, 0.4) is 0 Å². The molecule has 0 aromatic heterocycles. The number of alkyl carbamates (subject to hydrolysis) is 1. The molecule has 0 heterocycles. The summed E-state index contributed by atoms with van der Waals surface area (Å²) in [5, 5.41) is 5.40. The zero-order valence-electron chi connectivity index (χ0n) is 21.0. The van der Waals surface area contributed by atoms with Crippen molar-refractivity contribution in [3.63, 3.8) is 0 Å². The smallest absolute Gasteiger partial charge is 0.408 e. The summed E-state index contributed by atoms with van der Waals surface area (Å²) in [4.78, 5) is 40.3. The van der Waals surface area contributed by atoms with Crippen LogP contribution in [0.5, 0.6) is 5.75 Å². The van der Waals surface area contributed by atoms with Crippen molar-refractivity contribution in [3.8, 4) is 5.75 Å². The topological polar surface area (TPSA) is 97.0 Å². The number of hydrogen-bond acceptors (Lipinski definition) is 5. The van der Waals surface area contributed by atoms with Crippen molar-refractivity contribution in [1.29, 1.82) is 0 Å². The van der Waals surface area contributed by atoms with E-state index in [1.54, 1.807) is 59.1 Å². The van der Waals surface area contributed by atoms with Gasteiger partial charge in [0.1, 0.15) is 23.9 Å². The molecule has 0 saturated heterocycles. The molecule has 0 aliphatic heterocycles. The summed E-state index contributed by atoms with van der Waals surface area (Å²) in [6.45, 7) is 10.8. The summed E-state index contributed by atoms with van der Waals surface area (Å²) in [6, 6.07) is 11.8. The summed E-state index contributed by atoms with van der Waals surface area (Å²) in [6.07, 6.45) is -0.691. The molecular formula is C26H35N3O5. The molecule has 34 heavy (non-hydrogen) atoms. The molecule has 1 unspecified atom stereocenters. The fourth-order valence-corrected chi connectivity index (χ4v) is 3.64. The van der Waals surface area contributed by atoms with Gasteiger partial charge < -0.3 is 25.0 Å². The summed E-state index contributed by atoms with van der Waals surface area (Å²) < 4.78 is 10.4. The van der Waals surface area contributed by atoms with Gasteiger partial charge in [0.25, 0.3) is 5.91 Å². The number of amides is 3. The van der Waals surface area contributed by atoms with Gasteiger partial charge in [0.2, 0.25) is 5.91 Å². The second-order valence-electron chi connectivity index (χ2n) is 8.96. The van der Waals surface area contributed by atoms with Crippen LogP contribution in [-0.2, 0) is 14.3 Å². The minimum Gasteiger partial charge on any atom is -0.497 e. The Kier molecular flexibility index (Phi) is 9.06. The number of carbonyl (C=O) groups excluding carboxylic acids is 3. The normalized spacial score (nSPS) is 11.9. The standard InChI is InChI=1S/C26H35N3O5/c1-8-29(21(30)16-27-25(32)34-26(4,5)6)23(22-17(2)10-9-11-18(22)3)24(31)28-19-12-14-20(33-7)15-13-19/h9-15,23H,8,16H2,1-7H3,(H,27,32)(H,28,31). The van der Waals surface area contributed by atoms with Gasteiger partial charge in [0.05, 0.1) is 7.11 Å². The predicted octanol–water partition coefficient (Wildman–Crippen LogP) is 4.37. The number of likely N-dealkylation sites (N-methyl/N-ethyl adjacent to an activating group) is 1. The van der Waals surface area contributed by atoms with E-state index in [1.165, 1.54) is 4.90 Å². The van der Waals surface area contributed by atoms with Gasteiger partial charge in [0.15, 0.2) is 0 Å². The number of rotatable bonds is 8. The first-order valence-corrected chi connectivity index (χ1v) is 11.2. The van der Waals surface area contributed by atoms with Crippen LogP contribution in [0, 0.1) is 13.8 Å². The number of nitrogens with zero attached hydrogens (tertiary/aromatic N) is 1. The Bertz CT molecular complexity index is 992. The molecule has 8 heteroatoms. The molecule has 2 N–H and O–H groups in total. The summed E-state index contributed by atoms with van der Waals surface area (Å²) in [5.41, 5.74) is 2.43. The van der Waals surface area contributed by atoms with Crippen LogP contribution in [0.25, 0.3) is 0 Å². The maximum atomic E-state index is 13.6. The third kappa shape index (κ3) is 7.23. The molecule has 184 valence electrons. The maximum absolute atomic E-state index is 13.6. The zero-order chi connectivity index (χ0) is 25.5. The second kappa shape index (κ2) is 11.5. The number of benzene rings is 2. The van der Waals surface area contributed by atoms with Crippen LogP contribution >= 0.6 is 0 Å². The van der Waals surface area contributed by atoms with Gasteiger partial charge in [-0.3, -0.25) is 9.59 Å². The number of carbonyl (C=O) groups is 3. The minimum absolute atomic E-state index is 0.267. The number of hydrogen-bond donors (Lipinski definition) is 2. The molecule has 2 aromatic carbocycles. The van der Waals surface area contributed by atoms with E-state index < -0.39 is 23.6 Å². The summed E-state index contributed by atoms with van der Waals surface area (Å²) >= 11 is 0. The lowest BCUT2D eigenvalue weighted by Crippen LogP contribution is -2.46. The van der Waals surface area contributed by atoms with E-state index in [4.69, 9.17) is 9.47 Å². The van der Waals surface area contributed by atoms with E-state index >= 15 is 0 Å². The highest BCUT2D eigenvalue weighted by Crippen LogP contribution is 2.29. The Morgan fingerprint density at radius 2 is 1.59 bits per heavy atom. The van der Waals surface area contributed by atoms with E-state index in [9.17, 15) is 14.4 Å². The molecule has 0 bridgehead atoms. The van der Waals surface area contributed by atoms with Crippen LogP contribution in [0.1, 0.15) is 50.4 Å². The first-order valence-electron chi connectivity index (χ1n) is 11.2. The van der Waals surface area contributed by atoms with Gasteiger partial charge in [-0.15, -0.1) is 0 Å². The largest absolute Gasteiger partial charge is 0.497 e. The highest BCUT2D eigenvalue weighted by molar-refractivity contribution is 5.98. The van der Waals surface area contributed by atoms with Crippen molar-refractivity contribution < 1.29 is 23.9 Å². The lowest BCUT2D eigenvalue weighted by atomic mass is 9.94. The van der Waals surface area contributed by atoms with Crippen molar-refractivity contribution in [2.24, 2.45) is 0 Å². The molecule has 8 nitrogen and oxygen atoms in total. The molecule has 0 saturated carbocycles. The first-order chi connectivity index (χ1) is 16.0. The van der Waals surface area contributed by atoms with Crippen LogP contribution in [0.2, 0.25) is 0 Å². The fourth-order valence-electron chi connectivity index (χ4n) is 3.64. The maximum Gasteiger partial charge on any atom is 0.408 e. The highest BCUT2D eigenvalue weighted by Gasteiger charge is 2.33. The Labute approximate surface area is 201 Å². The third-order valence-corrected chi connectivity index (χ3v) is 5.18. The Balaban J connectivity index is 2.34. The van der Waals surface area contributed by atoms with Gasteiger partial charge in [-0.05, 0) is 82.5 Å². The van der Waals surface area contributed by atoms with Crippen molar-refractivity contribution in [3.05, 3.63) is 59.2 Å². The van der Waals surface area contributed by atoms with Gasteiger partial charge in [-0.2, -0.15) is 0 Å². The van der Waals surface area contributed by atoms with Crippen LogP contribution in [-0.4, -0.2) is 48.6 Å². The van der Waals surface area contributed by atoms with Crippen molar-refractivity contribution >= 4 is 23.6 Å². The molecule has 2 aromatic rings. The lowest BCUT2D eigenvalue weighted by molar-refractivity contribution is -0.138. The van der Waals surface area contributed by atoms with Crippen molar-refractivity contribution in [2.45, 2.75) is 53.2 Å². The third-order valence-electron chi connectivity index (χ3n) is 5.18. The van der Waals surface area contributed by atoms with Crippen LogP contribution in [0.4, 0.5) is 10.5 Å². The summed E-state index contributed by atoms with van der Waals surface area (Å²) in [7, 11) is 1.57. The van der Waals surface area contributed by atoms with E-state index in [-0.39, 0.29) is 19.0 Å². The monoisotopic (exact) mass is 469 g/mol. The minimum atomic E-state index is -0.888. The molecular weight excluding hydrogens is 434 g/mol. The molecule has 3 amide bonds. The SMILES string of the molecule is CCN(C(=O)CNC(=O)OC(C)(C)C)C(C(=O)Nc1ccc(OC)cc1)c1c(C)cccc1C. The van der Waals surface area contributed by atoms with Crippen LogP contribution < -0.4 is 15.4 Å². The van der Waals surface area contributed by atoms with E-state index in [0.29, 0.717) is 11.4 Å². The van der Waals surface area contributed by atoms with E-state index in [0.717, 1.165) is 16.7 Å². The molecule has 2 rings (SSSR count). The quantitative estimate of drug-likeness (QED) is 0.599. The van der Waals surface area contributed by atoms with Crippen molar-refractivity contribution in [2.75, 3.05) is 25.5 Å². The average molecular weight is 470 g/mol.